The van der Waals surface area contributed by atoms with Crippen LogP contribution in [0.3, 0.4) is 0 Å². The third-order valence-electron chi connectivity index (χ3n) is 4.75. The number of carbonyl (C=O) groups is 1. The predicted molar refractivity (Wildman–Crippen MR) is 103 cm³/mol. The van der Waals surface area contributed by atoms with Gasteiger partial charge < -0.3 is 24.7 Å². The van der Waals surface area contributed by atoms with E-state index in [0.29, 0.717) is 25.4 Å². The number of imidazole rings is 1. The molecule has 1 atom stereocenters. The number of benzene rings is 2. The Morgan fingerprint density at radius 1 is 1.30 bits per heavy atom. The van der Waals surface area contributed by atoms with Crippen LogP contribution in [0.4, 0.5) is 10.5 Å². The molecule has 2 N–H and O–H groups in total. The van der Waals surface area contributed by atoms with Crippen molar-refractivity contribution in [2.75, 3.05) is 25.6 Å². The van der Waals surface area contributed by atoms with Gasteiger partial charge in [-0.25, -0.2) is 9.78 Å². The summed E-state index contributed by atoms with van der Waals surface area (Å²) < 4.78 is 13.0. The normalized spacial score (nSPS) is 16.0. The Balaban J connectivity index is 1.45. The number of hydrogen-bond acceptors (Lipinski definition) is 4. The van der Waals surface area contributed by atoms with Crippen molar-refractivity contribution < 1.29 is 14.3 Å². The highest BCUT2D eigenvalue weighted by Gasteiger charge is 2.24. The minimum atomic E-state index is -0.257. The third-order valence-corrected chi connectivity index (χ3v) is 4.75. The lowest BCUT2D eigenvalue weighted by Gasteiger charge is -2.26. The highest BCUT2D eigenvalue weighted by Crippen LogP contribution is 2.27. The Morgan fingerprint density at radius 2 is 2.11 bits per heavy atom. The van der Waals surface area contributed by atoms with Gasteiger partial charge in [0.1, 0.15) is 18.2 Å². The molecule has 3 aromatic rings. The van der Waals surface area contributed by atoms with E-state index in [4.69, 9.17) is 14.5 Å². The zero-order valence-electron chi connectivity index (χ0n) is 15.4. The van der Waals surface area contributed by atoms with Gasteiger partial charge in [-0.3, -0.25) is 0 Å². The first kappa shape index (κ1) is 17.4. The summed E-state index contributed by atoms with van der Waals surface area (Å²) in [5.41, 5.74) is 3.91. The van der Waals surface area contributed by atoms with Gasteiger partial charge in [-0.1, -0.05) is 12.1 Å². The summed E-state index contributed by atoms with van der Waals surface area (Å²) in [5.74, 6) is 1.64. The van der Waals surface area contributed by atoms with Gasteiger partial charge in [0, 0.05) is 12.2 Å². The summed E-state index contributed by atoms with van der Waals surface area (Å²) in [6, 6.07) is 13.1. The molecule has 1 aliphatic rings. The number of anilines is 1. The lowest BCUT2D eigenvalue weighted by Crippen LogP contribution is -2.37. The van der Waals surface area contributed by atoms with Gasteiger partial charge >= 0.3 is 6.03 Å². The maximum atomic E-state index is 12.3. The first-order valence-corrected chi connectivity index (χ1v) is 8.89. The summed E-state index contributed by atoms with van der Waals surface area (Å²) >= 11 is 0. The number of ether oxygens (including phenoxy) is 2. The fourth-order valence-electron chi connectivity index (χ4n) is 3.39. The molecule has 140 valence electrons. The molecule has 0 aliphatic carbocycles. The predicted octanol–water partition coefficient (Wildman–Crippen LogP) is 3.25. The second-order valence-corrected chi connectivity index (χ2v) is 6.57. The summed E-state index contributed by atoms with van der Waals surface area (Å²) in [7, 11) is 1.61. The van der Waals surface area contributed by atoms with Gasteiger partial charge in [-0.2, -0.15) is 0 Å². The van der Waals surface area contributed by atoms with E-state index in [0.717, 1.165) is 28.2 Å². The van der Waals surface area contributed by atoms with Crippen LogP contribution in [0.15, 0.2) is 42.5 Å². The van der Waals surface area contributed by atoms with Gasteiger partial charge in [-0.15, -0.1) is 0 Å². The Labute approximate surface area is 157 Å². The molecular formula is C20H22N4O3. The van der Waals surface area contributed by atoms with Crippen molar-refractivity contribution in [2.24, 2.45) is 0 Å². The van der Waals surface area contributed by atoms with Crippen molar-refractivity contribution in [2.45, 2.75) is 19.6 Å². The Morgan fingerprint density at radius 3 is 2.89 bits per heavy atom. The fraction of sp³-hybridized carbons (Fsp3) is 0.300. The Bertz CT molecular complexity index is 965. The van der Waals surface area contributed by atoms with E-state index in [9.17, 15) is 4.79 Å². The number of amides is 2. The molecule has 1 aliphatic heterocycles. The number of aryl methyl sites for hydroxylation is 1. The molecule has 0 radical (unpaired) electrons. The number of methoxy groups -OCH3 is 1. The van der Waals surface area contributed by atoms with Crippen LogP contribution in [0.1, 0.15) is 17.4 Å². The summed E-state index contributed by atoms with van der Waals surface area (Å²) in [5, 5.41) is 5.76. The fourth-order valence-corrected chi connectivity index (χ4v) is 3.39. The van der Waals surface area contributed by atoms with Gasteiger partial charge in [0.05, 0.1) is 30.8 Å². The maximum absolute atomic E-state index is 12.3. The number of nitrogens with zero attached hydrogens (tertiary/aromatic N) is 2. The maximum Gasteiger partial charge on any atom is 0.319 e. The van der Waals surface area contributed by atoms with Crippen molar-refractivity contribution in [3.8, 4) is 5.75 Å². The van der Waals surface area contributed by atoms with E-state index in [1.807, 2.05) is 6.07 Å². The standard InChI is InChI=1S/C20H22N4O3/c1-13-4-3-5-17-19(13)23-18-12-27-11-15(24(17)18)10-21-20(25)22-14-6-8-16(26-2)9-7-14/h3-9,15H,10-12H2,1-2H3,(H2,21,22,25). The highest BCUT2D eigenvalue weighted by molar-refractivity contribution is 5.89. The first-order valence-electron chi connectivity index (χ1n) is 8.89. The van der Waals surface area contributed by atoms with E-state index in [-0.39, 0.29) is 12.1 Å². The van der Waals surface area contributed by atoms with Crippen LogP contribution in [0.2, 0.25) is 0 Å². The lowest BCUT2D eigenvalue weighted by atomic mass is 10.2. The second-order valence-electron chi connectivity index (χ2n) is 6.57. The average Bonchev–Trinajstić information content (AvgIpc) is 3.08. The van der Waals surface area contributed by atoms with Crippen molar-refractivity contribution in [3.05, 3.63) is 53.9 Å². The van der Waals surface area contributed by atoms with Crippen LogP contribution in [-0.4, -0.2) is 35.8 Å². The summed E-state index contributed by atoms with van der Waals surface area (Å²) in [4.78, 5) is 17.0. The second kappa shape index (κ2) is 7.28. The van der Waals surface area contributed by atoms with Crippen LogP contribution in [0, 0.1) is 6.92 Å². The van der Waals surface area contributed by atoms with Crippen molar-refractivity contribution in [1.82, 2.24) is 14.9 Å². The SMILES string of the molecule is COc1ccc(NC(=O)NCC2COCc3nc4c(C)cccc4n32)cc1. The number of hydrogen-bond donors (Lipinski definition) is 2. The lowest BCUT2D eigenvalue weighted by molar-refractivity contribution is 0.0573. The first-order chi connectivity index (χ1) is 13.2. The molecule has 0 saturated heterocycles. The third kappa shape index (κ3) is 3.46. The molecule has 0 fully saturated rings. The van der Waals surface area contributed by atoms with Crippen LogP contribution in [-0.2, 0) is 11.3 Å². The van der Waals surface area contributed by atoms with Crippen molar-refractivity contribution in [1.29, 1.82) is 0 Å². The molecule has 1 unspecified atom stereocenters. The molecule has 0 saturated carbocycles. The van der Waals surface area contributed by atoms with Gasteiger partial charge in [0.2, 0.25) is 0 Å². The van der Waals surface area contributed by atoms with Gasteiger partial charge in [0.25, 0.3) is 0 Å². The molecule has 2 amide bonds. The number of aromatic nitrogens is 2. The number of urea groups is 1. The van der Waals surface area contributed by atoms with E-state index < -0.39 is 0 Å². The van der Waals surface area contributed by atoms with E-state index in [1.165, 1.54) is 0 Å². The highest BCUT2D eigenvalue weighted by atomic mass is 16.5. The molecule has 0 spiro atoms. The van der Waals surface area contributed by atoms with E-state index in [2.05, 4.69) is 34.3 Å². The van der Waals surface area contributed by atoms with Crippen molar-refractivity contribution >= 4 is 22.8 Å². The van der Waals surface area contributed by atoms with Gasteiger partial charge in [-0.05, 0) is 42.8 Å². The van der Waals surface area contributed by atoms with E-state index in [1.54, 1.807) is 31.4 Å². The van der Waals surface area contributed by atoms with Crippen LogP contribution in [0.25, 0.3) is 11.0 Å². The Kier molecular flexibility index (Phi) is 4.68. The topological polar surface area (TPSA) is 77.4 Å². The molecule has 4 rings (SSSR count). The molecule has 27 heavy (non-hydrogen) atoms. The molecule has 2 aromatic carbocycles. The zero-order valence-corrected chi connectivity index (χ0v) is 15.4. The van der Waals surface area contributed by atoms with E-state index >= 15 is 0 Å². The van der Waals surface area contributed by atoms with Crippen LogP contribution >= 0.6 is 0 Å². The largest absolute Gasteiger partial charge is 0.497 e. The van der Waals surface area contributed by atoms with Crippen molar-refractivity contribution in [3.63, 3.8) is 0 Å². The molecule has 1 aromatic heterocycles. The van der Waals surface area contributed by atoms with Crippen LogP contribution in [0.5, 0.6) is 5.75 Å². The minimum absolute atomic E-state index is 0.00201. The smallest absolute Gasteiger partial charge is 0.319 e. The molecule has 7 nitrogen and oxygen atoms in total. The number of para-hydroxylation sites is 1. The van der Waals surface area contributed by atoms with Gasteiger partial charge in [0.15, 0.2) is 0 Å². The minimum Gasteiger partial charge on any atom is -0.497 e. The summed E-state index contributed by atoms with van der Waals surface area (Å²) in [6.45, 7) is 3.53. The Hall–Kier alpha value is -3.06. The molecular weight excluding hydrogens is 344 g/mol. The number of fused-ring (bicyclic) bond motifs is 3. The average molecular weight is 366 g/mol. The zero-order chi connectivity index (χ0) is 18.8. The molecule has 7 heteroatoms. The number of rotatable bonds is 4. The molecule has 0 bridgehead atoms. The molecule has 2 heterocycles. The van der Waals surface area contributed by atoms with Crippen LogP contribution < -0.4 is 15.4 Å². The summed E-state index contributed by atoms with van der Waals surface area (Å²) in [6.07, 6.45) is 0. The monoisotopic (exact) mass is 366 g/mol. The number of carbonyl (C=O) groups excluding carboxylic acids is 1. The quantitative estimate of drug-likeness (QED) is 0.743. The number of nitrogens with one attached hydrogen (secondary N) is 2.